The number of halogens is 4. The number of thiophene rings is 1. The minimum Gasteiger partial charge on any atom is -0.266 e. The van der Waals surface area contributed by atoms with Gasteiger partial charge in [-0.25, -0.2) is 9.38 Å². The zero-order chi connectivity index (χ0) is 22.4. The van der Waals surface area contributed by atoms with E-state index in [0.29, 0.717) is 37.0 Å². The van der Waals surface area contributed by atoms with Crippen molar-refractivity contribution in [3.05, 3.63) is 104 Å². The van der Waals surface area contributed by atoms with Crippen LogP contribution in [-0.4, -0.2) is 11.7 Å². The topological polar surface area (TPSA) is 32.7 Å². The van der Waals surface area contributed by atoms with E-state index in [1.54, 1.807) is 24.3 Å². The Morgan fingerprint density at radius 2 is 1.72 bits per heavy atom. The number of rotatable bonds is 3. The Bertz CT molecular complexity index is 1440. The lowest BCUT2D eigenvalue weighted by molar-refractivity contribution is -0.113. The summed E-state index contributed by atoms with van der Waals surface area (Å²) < 4.78 is 14.5. The van der Waals surface area contributed by atoms with Crippen LogP contribution in [-0.2, 0) is 4.79 Å². The van der Waals surface area contributed by atoms with Gasteiger partial charge in [-0.3, -0.25) is 9.69 Å². The van der Waals surface area contributed by atoms with E-state index in [2.05, 4.69) is 4.99 Å². The Morgan fingerprint density at radius 3 is 2.44 bits per heavy atom. The molecule has 0 saturated heterocycles. The summed E-state index contributed by atoms with van der Waals surface area (Å²) in [5.41, 5.74) is 1.27. The van der Waals surface area contributed by atoms with Crippen LogP contribution >= 0.6 is 46.1 Å². The van der Waals surface area contributed by atoms with Gasteiger partial charge in [0, 0.05) is 20.1 Å². The first-order chi connectivity index (χ1) is 15.4. The second kappa shape index (κ2) is 8.34. The molecular formula is C24H12Cl3FN2OS. The lowest BCUT2D eigenvalue weighted by Gasteiger charge is -2.17. The van der Waals surface area contributed by atoms with Crippen LogP contribution in [0.5, 0.6) is 0 Å². The summed E-state index contributed by atoms with van der Waals surface area (Å²) in [6.45, 7) is 0. The molecule has 1 aliphatic heterocycles. The van der Waals surface area contributed by atoms with Crippen LogP contribution in [0.2, 0.25) is 15.1 Å². The fourth-order valence-electron chi connectivity index (χ4n) is 3.42. The van der Waals surface area contributed by atoms with Crippen molar-refractivity contribution in [3.63, 3.8) is 0 Å². The third-order valence-corrected chi connectivity index (χ3v) is 7.17. The first-order valence-electron chi connectivity index (χ1n) is 9.45. The molecular weight excluding hydrogens is 490 g/mol. The third-order valence-electron chi connectivity index (χ3n) is 4.94. The molecule has 0 spiro atoms. The molecule has 0 fully saturated rings. The molecule has 0 aliphatic carbocycles. The summed E-state index contributed by atoms with van der Waals surface area (Å²) >= 11 is 20.4. The van der Waals surface area contributed by atoms with E-state index in [0.717, 1.165) is 10.1 Å². The van der Waals surface area contributed by atoms with E-state index in [4.69, 9.17) is 34.8 Å². The highest BCUT2D eigenvalue weighted by Crippen LogP contribution is 2.39. The van der Waals surface area contributed by atoms with Gasteiger partial charge in [0.2, 0.25) is 0 Å². The molecule has 1 aliphatic rings. The number of carbonyl (C=O) groups excluding carboxylic acids is 1. The van der Waals surface area contributed by atoms with E-state index in [-0.39, 0.29) is 11.6 Å². The van der Waals surface area contributed by atoms with E-state index >= 15 is 0 Å². The van der Waals surface area contributed by atoms with Gasteiger partial charge in [0.25, 0.3) is 5.91 Å². The van der Waals surface area contributed by atoms with Gasteiger partial charge in [-0.05, 0) is 54.1 Å². The van der Waals surface area contributed by atoms with E-state index in [1.807, 2.05) is 24.3 Å². The lowest BCUT2D eigenvalue weighted by atomic mass is 10.2. The van der Waals surface area contributed by atoms with Gasteiger partial charge < -0.3 is 0 Å². The molecule has 2 heterocycles. The highest BCUT2D eigenvalue weighted by Gasteiger charge is 2.35. The summed E-state index contributed by atoms with van der Waals surface area (Å²) in [4.78, 5) is 20.1. The van der Waals surface area contributed by atoms with Crippen molar-refractivity contribution in [2.24, 2.45) is 4.99 Å². The molecule has 1 amide bonds. The van der Waals surface area contributed by atoms with Crippen molar-refractivity contribution in [2.45, 2.75) is 0 Å². The molecule has 32 heavy (non-hydrogen) atoms. The van der Waals surface area contributed by atoms with Crippen molar-refractivity contribution >= 4 is 79.7 Å². The molecule has 3 aromatic carbocycles. The zero-order valence-electron chi connectivity index (χ0n) is 16.2. The van der Waals surface area contributed by atoms with Gasteiger partial charge in [-0.15, -0.1) is 11.3 Å². The van der Waals surface area contributed by atoms with E-state index < -0.39 is 5.82 Å². The number of anilines is 1. The fourth-order valence-corrected chi connectivity index (χ4v) is 5.38. The average molecular weight is 502 g/mol. The SMILES string of the molecule is O=C1/C(=C\c2ccc(Cl)cc2Cl)N=C(c2sc3ccccc3c2Cl)N1c1ccc(F)cc1. The van der Waals surface area contributed by atoms with Gasteiger partial charge >= 0.3 is 0 Å². The molecule has 5 rings (SSSR count). The van der Waals surface area contributed by atoms with Crippen molar-refractivity contribution in [2.75, 3.05) is 4.90 Å². The second-order valence-corrected chi connectivity index (χ2v) is 9.26. The maximum Gasteiger partial charge on any atom is 0.282 e. The minimum atomic E-state index is -0.400. The summed E-state index contributed by atoms with van der Waals surface area (Å²) in [6.07, 6.45) is 1.60. The Balaban J connectivity index is 1.69. The highest BCUT2D eigenvalue weighted by molar-refractivity contribution is 7.21. The molecule has 158 valence electrons. The van der Waals surface area contributed by atoms with E-state index in [1.165, 1.54) is 40.5 Å². The monoisotopic (exact) mass is 500 g/mol. The summed E-state index contributed by atoms with van der Waals surface area (Å²) in [5.74, 6) is -0.391. The molecule has 0 atom stereocenters. The molecule has 4 aromatic rings. The first-order valence-corrected chi connectivity index (χ1v) is 11.4. The molecule has 0 bridgehead atoms. The molecule has 3 nitrogen and oxygen atoms in total. The van der Waals surface area contributed by atoms with Crippen molar-refractivity contribution in [1.82, 2.24) is 0 Å². The number of carbonyl (C=O) groups is 1. The number of aliphatic imine (C=N–C) groups is 1. The van der Waals surface area contributed by atoms with Crippen molar-refractivity contribution in [3.8, 4) is 0 Å². The number of fused-ring (bicyclic) bond motifs is 1. The largest absolute Gasteiger partial charge is 0.282 e. The second-order valence-electron chi connectivity index (χ2n) is 6.99. The number of nitrogens with zero attached hydrogens (tertiary/aromatic N) is 2. The van der Waals surface area contributed by atoms with Gasteiger partial charge in [0.05, 0.1) is 15.6 Å². The van der Waals surface area contributed by atoms with Crippen LogP contribution in [0, 0.1) is 5.82 Å². The Labute approximate surface area is 202 Å². The van der Waals surface area contributed by atoms with Gasteiger partial charge in [-0.2, -0.15) is 0 Å². The van der Waals surface area contributed by atoms with Crippen molar-refractivity contribution in [1.29, 1.82) is 0 Å². The highest BCUT2D eigenvalue weighted by atomic mass is 35.5. The van der Waals surface area contributed by atoms with Gasteiger partial charge in [0.1, 0.15) is 11.5 Å². The molecule has 0 saturated carbocycles. The third kappa shape index (κ3) is 3.71. The molecule has 0 unspecified atom stereocenters. The summed E-state index contributed by atoms with van der Waals surface area (Å²) in [7, 11) is 0. The maximum atomic E-state index is 13.5. The van der Waals surface area contributed by atoms with E-state index in [9.17, 15) is 9.18 Å². The first kappa shape index (κ1) is 21.2. The number of amidine groups is 1. The van der Waals surface area contributed by atoms with Gasteiger partial charge in [0.15, 0.2) is 5.84 Å². The number of amides is 1. The standard InChI is InChI=1S/C24H12Cl3FN2OS/c25-14-6-5-13(18(26)12-14)11-19-24(31)30(16-9-7-15(28)8-10-16)23(29-19)22-21(27)17-3-1-2-4-20(17)32-22/h1-12H/b19-11+. The van der Waals surface area contributed by atoms with Gasteiger partial charge in [-0.1, -0.05) is 59.1 Å². The Hall–Kier alpha value is -2.70. The number of hydrogen-bond acceptors (Lipinski definition) is 3. The number of benzene rings is 3. The molecule has 0 N–H and O–H groups in total. The molecule has 1 aromatic heterocycles. The molecule has 0 radical (unpaired) electrons. The zero-order valence-corrected chi connectivity index (χ0v) is 19.2. The fraction of sp³-hybridized carbons (Fsp3) is 0. The summed E-state index contributed by atoms with van der Waals surface area (Å²) in [5, 5.41) is 2.27. The smallest absolute Gasteiger partial charge is 0.266 e. The average Bonchev–Trinajstić information content (AvgIpc) is 3.28. The lowest BCUT2D eigenvalue weighted by Crippen LogP contribution is -2.32. The van der Waals surface area contributed by atoms with Crippen molar-refractivity contribution < 1.29 is 9.18 Å². The summed E-state index contributed by atoms with van der Waals surface area (Å²) in [6, 6.07) is 18.3. The van der Waals surface area contributed by atoms with Crippen LogP contribution in [0.3, 0.4) is 0 Å². The van der Waals surface area contributed by atoms with Crippen LogP contribution in [0.25, 0.3) is 16.2 Å². The Morgan fingerprint density at radius 1 is 0.969 bits per heavy atom. The quantitative estimate of drug-likeness (QED) is 0.263. The Kier molecular flexibility index (Phi) is 5.51. The van der Waals surface area contributed by atoms with Crippen LogP contribution in [0.4, 0.5) is 10.1 Å². The predicted octanol–water partition coefficient (Wildman–Crippen LogP) is 7.84. The molecule has 8 heteroatoms. The predicted molar refractivity (Wildman–Crippen MR) is 132 cm³/mol. The normalized spacial score (nSPS) is 15.1. The van der Waals surface area contributed by atoms with Crippen LogP contribution in [0.1, 0.15) is 10.4 Å². The minimum absolute atomic E-state index is 0.182. The van der Waals surface area contributed by atoms with Crippen LogP contribution in [0.15, 0.2) is 77.4 Å². The number of hydrogen-bond donors (Lipinski definition) is 0. The maximum absolute atomic E-state index is 13.5. The van der Waals surface area contributed by atoms with Crippen LogP contribution < -0.4 is 4.90 Å².